The maximum absolute atomic E-state index is 12.2. The minimum absolute atomic E-state index is 0.00726. The zero-order valence-corrected chi connectivity index (χ0v) is 14.4. The highest BCUT2D eigenvalue weighted by Crippen LogP contribution is 2.05. The van der Waals surface area contributed by atoms with Gasteiger partial charge in [-0.25, -0.2) is 4.79 Å². The minimum Gasteiger partial charge on any atom is -0.480 e. The van der Waals surface area contributed by atoms with Crippen molar-refractivity contribution in [2.24, 2.45) is 16.5 Å². The Morgan fingerprint density at radius 1 is 1.04 bits per heavy atom. The fraction of sp³-hybridized carbons (Fsp3) is 0.733. The Bertz CT molecular complexity index is 449. The first kappa shape index (κ1) is 21.7. The summed E-state index contributed by atoms with van der Waals surface area (Å²) < 4.78 is 0. The van der Waals surface area contributed by atoms with Crippen LogP contribution in [0.4, 0.5) is 0 Å². The summed E-state index contributed by atoms with van der Waals surface area (Å²) in [6.07, 6.45) is 3.53. The lowest BCUT2D eigenvalue weighted by molar-refractivity contribution is -0.142. The number of carbonyl (C=O) groups excluding carboxylic acids is 2. The third-order valence-electron chi connectivity index (χ3n) is 3.35. The molecule has 0 heterocycles. The molecular weight excluding hydrogens is 314 g/mol. The van der Waals surface area contributed by atoms with Crippen LogP contribution in [0, 0.1) is 0 Å². The number of carboxylic acid groups (broad SMARTS) is 1. The van der Waals surface area contributed by atoms with E-state index in [9.17, 15) is 19.5 Å². The molecule has 0 fully saturated rings. The average molecular weight is 343 g/mol. The molecule has 138 valence electrons. The predicted molar refractivity (Wildman–Crippen MR) is 91.2 cm³/mol. The summed E-state index contributed by atoms with van der Waals surface area (Å²) in [6.45, 7) is 3.71. The maximum atomic E-state index is 12.2. The first-order valence-corrected chi connectivity index (χ1v) is 8.13. The molecule has 24 heavy (non-hydrogen) atoms. The van der Waals surface area contributed by atoms with Gasteiger partial charge in [0.1, 0.15) is 12.1 Å². The molecule has 0 aromatic rings. The van der Waals surface area contributed by atoms with Gasteiger partial charge in [0.25, 0.3) is 0 Å². The quantitative estimate of drug-likeness (QED) is 0.186. The Kier molecular flexibility index (Phi) is 11.0. The van der Waals surface area contributed by atoms with Crippen LogP contribution >= 0.6 is 0 Å². The number of aliphatic imine (C=N–C) groups is 1. The predicted octanol–water partition coefficient (Wildman–Crippen LogP) is -0.306. The van der Waals surface area contributed by atoms with Crippen molar-refractivity contribution in [1.82, 2.24) is 10.6 Å². The van der Waals surface area contributed by atoms with Crippen LogP contribution in [0.3, 0.4) is 0 Å². The standard InChI is InChI=1S/C15H29N5O4/c1-3-4-7-11(19-10(2)21)13(22)20-12(14(23)24)8-5-6-9-18-15(16)17/h11-12H,3-9H2,1-2H3,(H,19,21)(H,20,22)(H,23,24)(H4,16,17,18)/t11-,12-/m0/s1. The van der Waals surface area contributed by atoms with Crippen LogP contribution in [0.25, 0.3) is 0 Å². The third kappa shape index (κ3) is 10.4. The van der Waals surface area contributed by atoms with Crippen LogP contribution in [0.5, 0.6) is 0 Å². The Balaban J connectivity index is 4.53. The van der Waals surface area contributed by atoms with Gasteiger partial charge < -0.3 is 27.2 Å². The molecule has 0 aliphatic heterocycles. The number of amides is 2. The van der Waals surface area contributed by atoms with Crippen molar-refractivity contribution in [2.75, 3.05) is 6.54 Å². The molecule has 0 aliphatic carbocycles. The van der Waals surface area contributed by atoms with Crippen LogP contribution < -0.4 is 22.1 Å². The first-order valence-electron chi connectivity index (χ1n) is 8.13. The van der Waals surface area contributed by atoms with Crippen LogP contribution in [-0.2, 0) is 14.4 Å². The molecule has 9 nitrogen and oxygen atoms in total. The van der Waals surface area contributed by atoms with Crippen molar-refractivity contribution in [2.45, 2.75) is 64.5 Å². The van der Waals surface area contributed by atoms with Crippen molar-refractivity contribution in [3.63, 3.8) is 0 Å². The summed E-state index contributed by atoms with van der Waals surface area (Å²) in [5.41, 5.74) is 10.4. The van der Waals surface area contributed by atoms with Gasteiger partial charge >= 0.3 is 5.97 Å². The van der Waals surface area contributed by atoms with E-state index in [0.717, 1.165) is 12.8 Å². The van der Waals surface area contributed by atoms with Crippen molar-refractivity contribution in [3.05, 3.63) is 0 Å². The van der Waals surface area contributed by atoms with Crippen molar-refractivity contribution in [1.29, 1.82) is 0 Å². The molecule has 0 aliphatic rings. The number of carboxylic acids is 1. The van der Waals surface area contributed by atoms with Crippen molar-refractivity contribution >= 4 is 23.7 Å². The molecule has 0 saturated carbocycles. The molecule has 9 heteroatoms. The number of nitrogens with zero attached hydrogens (tertiary/aromatic N) is 1. The van der Waals surface area contributed by atoms with E-state index in [1.165, 1.54) is 6.92 Å². The summed E-state index contributed by atoms with van der Waals surface area (Å²) in [7, 11) is 0. The molecule has 0 unspecified atom stereocenters. The second-order valence-electron chi connectivity index (χ2n) is 5.60. The number of guanidine groups is 1. The van der Waals surface area contributed by atoms with Gasteiger partial charge in [-0.1, -0.05) is 19.8 Å². The number of nitrogens with one attached hydrogen (secondary N) is 2. The second-order valence-corrected chi connectivity index (χ2v) is 5.60. The van der Waals surface area contributed by atoms with E-state index in [2.05, 4.69) is 15.6 Å². The van der Waals surface area contributed by atoms with Crippen LogP contribution in [-0.4, -0.2) is 47.5 Å². The molecular formula is C15H29N5O4. The van der Waals surface area contributed by atoms with Crippen LogP contribution in [0.1, 0.15) is 52.4 Å². The summed E-state index contributed by atoms with van der Waals surface area (Å²) in [4.78, 5) is 38.5. The molecule has 0 aromatic heterocycles. The first-order chi connectivity index (χ1) is 11.3. The van der Waals surface area contributed by atoms with E-state index in [1.807, 2.05) is 6.92 Å². The Morgan fingerprint density at radius 2 is 1.67 bits per heavy atom. The molecule has 0 spiro atoms. The molecule has 2 amide bonds. The zero-order chi connectivity index (χ0) is 18.5. The van der Waals surface area contributed by atoms with E-state index in [4.69, 9.17) is 11.5 Å². The number of carbonyl (C=O) groups is 3. The number of unbranched alkanes of at least 4 members (excludes halogenated alkanes) is 2. The molecule has 7 N–H and O–H groups in total. The Labute approximate surface area is 142 Å². The van der Waals surface area contributed by atoms with Gasteiger partial charge in [-0.05, 0) is 25.7 Å². The second kappa shape index (κ2) is 12.1. The largest absolute Gasteiger partial charge is 0.480 e. The molecule has 0 bridgehead atoms. The number of aliphatic carboxylic acids is 1. The fourth-order valence-corrected chi connectivity index (χ4v) is 2.12. The van der Waals surface area contributed by atoms with E-state index >= 15 is 0 Å². The molecule has 0 rings (SSSR count). The lowest BCUT2D eigenvalue weighted by Gasteiger charge is -2.20. The van der Waals surface area contributed by atoms with E-state index in [0.29, 0.717) is 25.8 Å². The monoisotopic (exact) mass is 343 g/mol. The van der Waals surface area contributed by atoms with Crippen LogP contribution in [0.2, 0.25) is 0 Å². The third-order valence-corrected chi connectivity index (χ3v) is 3.35. The Hall–Kier alpha value is -2.32. The maximum Gasteiger partial charge on any atom is 0.326 e. The number of hydrogen-bond acceptors (Lipinski definition) is 4. The SMILES string of the molecule is CCCC[C@H](NC(C)=O)C(=O)N[C@@H](CCCCN=C(N)N)C(=O)O. The summed E-state index contributed by atoms with van der Waals surface area (Å²) in [6, 6.07) is -1.72. The van der Waals surface area contributed by atoms with E-state index < -0.39 is 24.0 Å². The van der Waals surface area contributed by atoms with Gasteiger partial charge in [0.05, 0.1) is 0 Å². The summed E-state index contributed by atoms with van der Waals surface area (Å²) >= 11 is 0. The van der Waals surface area contributed by atoms with Crippen molar-refractivity contribution in [3.8, 4) is 0 Å². The number of nitrogens with two attached hydrogens (primary N) is 2. The molecule has 0 saturated heterocycles. The Morgan fingerprint density at radius 3 is 2.17 bits per heavy atom. The highest BCUT2D eigenvalue weighted by atomic mass is 16.4. The minimum atomic E-state index is -1.11. The van der Waals surface area contributed by atoms with E-state index in [1.54, 1.807) is 0 Å². The molecule has 0 radical (unpaired) electrons. The highest BCUT2D eigenvalue weighted by molar-refractivity contribution is 5.89. The lowest BCUT2D eigenvalue weighted by atomic mass is 10.1. The zero-order valence-electron chi connectivity index (χ0n) is 14.4. The van der Waals surface area contributed by atoms with Gasteiger partial charge in [-0.3, -0.25) is 14.6 Å². The van der Waals surface area contributed by atoms with Crippen LogP contribution in [0.15, 0.2) is 4.99 Å². The number of rotatable bonds is 12. The van der Waals surface area contributed by atoms with Gasteiger partial charge in [0.2, 0.25) is 11.8 Å². The normalized spacial score (nSPS) is 12.8. The summed E-state index contributed by atoms with van der Waals surface area (Å²) in [5.74, 6) is -1.92. The average Bonchev–Trinajstić information content (AvgIpc) is 2.48. The molecule has 2 atom stereocenters. The van der Waals surface area contributed by atoms with Gasteiger partial charge in [-0.15, -0.1) is 0 Å². The highest BCUT2D eigenvalue weighted by Gasteiger charge is 2.25. The molecule has 0 aromatic carbocycles. The van der Waals surface area contributed by atoms with Gasteiger partial charge in [-0.2, -0.15) is 0 Å². The topological polar surface area (TPSA) is 160 Å². The lowest BCUT2D eigenvalue weighted by Crippen LogP contribution is -2.51. The smallest absolute Gasteiger partial charge is 0.326 e. The summed E-state index contributed by atoms with van der Waals surface area (Å²) in [5, 5.41) is 14.3. The van der Waals surface area contributed by atoms with Gasteiger partial charge in [0, 0.05) is 13.5 Å². The fourth-order valence-electron chi connectivity index (χ4n) is 2.12. The van der Waals surface area contributed by atoms with Crippen molar-refractivity contribution < 1.29 is 19.5 Å². The van der Waals surface area contributed by atoms with E-state index in [-0.39, 0.29) is 18.3 Å². The number of hydrogen-bond donors (Lipinski definition) is 5. The van der Waals surface area contributed by atoms with Gasteiger partial charge in [0.15, 0.2) is 5.96 Å².